The second-order valence-corrected chi connectivity index (χ2v) is 5.73. The summed E-state index contributed by atoms with van der Waals surface area (Å²) in [5.74, 6) is 11.9. The highest BCUT2D eigenvalue weighted by molar-refractivity contribution is 5.45. The van der Waals surface area contributed by atoms with Crippen molar-refractivity contribution in [1.29, 1.82) is 0 Å². The van der Waals surface area contributed by atoms with E-state index in [2.05, 4.69) is 23.7 Å². The molecule has 0 saturated carbocycles. The Morgan fingerprint density at radius 2 is 1.61 bits per heavy atom. The molecule has 28 heavy (non-hydrogen) atoms. The van der Waals surface area contributed by atoms with Gasteiger partial charge in [0, 0.05) is 17.2 Å². The minimum absolute atomic E-state index is 0.0352. The molecule has 2 aromatic carbocycles. The number of benzene rings is 2. The molecule has 138 valence electrons. The van der Waals surface area contributed by atoms with E-state index >= 15 is 0 Å². The molecule has 0 aliphatic carbocycles. The van der Waals surface area contributed by atoms with Crippen molar-refractivity contribution >= 4 is 0 Å². The minimum Gasteiger partial charge on any atom is -0.502 e. The summed E-state index contributed by atoms with van der Waals surface area (Å²) < 4.78 is 10.9. The van der Waals surface area contributed by atoms with Crippen LogP contribution in [0, 0.1) is 23.7 Å². The van der Waals surface area contributed by atoms with Crippen LogP contribution in [0.5, 0.6) is 11.5 Å². The molecule has 1 aromatic heterocycles. The maximum atomic E-state index is 11.6. The number of aromatic hydroxyl groups is 1. The van der Waals surface area contributed by atoms with E-state index in [9.17, 15) is 9.90 Å². The van der Waals surface area contributed by atoms with Gasteiger partial charge in [-0.3, -0.25) is 4.79 Å². The highest BCUT2D eigenvalue weighted by Crippen LogP contribution is 2.18. The zero-order valence-corrected chi connectivity index (χ0v) is 14.9. The zero-order valence-electron chi connectivity index (χ0n) is 14.9. The standard InChI is InChI=1S/C23H17NO4/c24-15-20-14-21(25)23(26)22(28-20)16-27-19-12-10-18(11-13-19)9-5-4-8-17-6-2-1-3-7-17/h1-3,6-7,10-14,26H,15-16,24H2. The number of hydrogen-bond acceptors (Lipinski definition) is 5. The summed E-state index contributed by atoms with van der Waals surface area (Å²) in [7, 11) is 0. The molecule has 3 N–H and O–H groups in total. The highest BCUT2D eigenvalue weighted by atomic mass is 16.5. The molecule has 0 aliphatic heterocycles. The lowest BCUT2D eigenvalue weighted by Crippen LogP contribution is -2.09. The van der Waals surface area contributed by atoms with Gasteiger partial charge >= 0.3 is 0 Å². The first-order chi connectivity index (χ1) is 13.7. The Morgan fingerprint density at radius 1 is 0.964 bits per heavy atom. The summed E-state index contributed by atoms with van der Waals surface area (Å²) in [6, 6.07) is 17.8. The molecule has 1 heterocycles. The predicted octanol–water partition coefficient (Wildman–Crippen LogP) is 2.79. The van der Waals surface area contributed by atoms with E-state index in [1.54, 1.807) is 24.3 Å². The molecular weight excluding hydrogens is 354 g/mol. The number of ether oxygens (including phenoxy) is 1. The van der Waals surface area contributed by atoms with Gasteiger partial charge in [-0.1, -0.05) is 30.0 Å². The lowest BCUT2D eigenvalue weighted by Gasteiger charge is -2.08. The van der Waals surface area contributed by atoms with Crippen molar-refractivity contribution in [3.8, 4) is 35.2 Å². The van der Waals surface area contributed by atoms with Gasteiger partial charge in [-0.05, 0) is 48.2 Å². The van der Waals surface area contributed by atoms with Gasteiger partial charge in [0.05, 0.1) is 6.54 Å². The Kier molecular flexibility index (Phi) is 6.15. The van der Waals surface area contributed by atoms with Crippen LogP contribution in [0.1, 0.15) is 22.6 Å². The first-order valence-electron chi connectivity index (χ1n) is 8.50. The largest absolute Gasteiger partial charge is 0.502 e. The van der Waals surface area contributed by atoms with Gasteiger partial charge in [0.1, 0.15) is 18.1 Å². The summed E-state index contributed by atoms with van der Waals surface area (Å²) >= 11 is 0. The van der Waals surface area contributed by atoms with E-state index in [-0.39, 0.29) is 24.7 Å². The van der Waals surface area contributed by atoms with Crippen LogP contribution >= 0.6 is 0 Å². The van der Waals surface area contributed by atoms with Gasteiger partial charge in [-0.15, -0.1) is 0 Å². The fourth-order valence-electron chi connectivity index (χ4n) is 2.30. The zero-order chi connectivity index (χ0) is 19.8. The molecule has 5 nitrogen and oxygen atoms in total. The third kappa shape index (κ3) is 5.04. The lowest BCUT2D eigenvalue weighted by molar-refractivity contribution is 0.248. The number of rotatable bonds is 4. The highest BCUT2D eigenvalue weighted by Gasteiger charge is 2.11. The van der Waals surface area contributed by atoms with Crippen molar-refractivity contribution in [2.45, 2.75) is 13.2 Å². The van der Waals surface area contributed by atoms with Crippen LogP contribution in [-0.2, 0) is 13.2 Å². The average Bonchev–Trinajstić information content (AvgIpc) is 2.73. The number of nitrogens with two attached hydrogens (primary N) is 1. The van der Waals surface area contributed by atoms with E-state index < -0.39 is 11.2 Å². The normalized spacial score (nSPS) is 9.61. The van der Waals surface area contributed by atoms with Crippen molar-refractivity contribution in [1.82, 2.24) is 0 Å². The average molecular weight is 371 g/mol. The van der Waals surface area contributed by atoms with E-state index in [1.165, 1.54) is 0 Å². The monoisotopic (exact) mass is 371 g/mol. The molecule has 0 spiro atoms. The van der Waals surface area contributed by atoms with Gasteiger partial charge in [-0.25, -0.2) is 0 Å². The Hall–Kier alpha value is -3.93. The lowest BCUT2D eigenvalue weighted by atomic mass is 10.2. The maximum Gasteiger partial charge on any atom is 0.227 e. The van der Waals surface area contributed by atoms with Crippen molar-refractivity contribution in [2.75, 3.05) is 0 Å². The molecule has 5 heteroatoms. The van der Waals surface area contributed by atoms with Crippen molar-refractivity contribution < 1.29 is 14.3 Å². The molecule has 0 aliphatic rings. The topological polar surface area (TPSA) is 85.7 Å². The molecule has 3 rings (SSSR count). The van der Waals surface area contributed by atoms with Crippen LogP contribution in [0.25, 0.3) is 0 Å². The minimum atomic E-state index is -0.549. The van der Waals surface area contributed by atoms with Crippen LogP contribution in [-0.4, -0.2) is 5.11 Å². The fourth-order valence-corrected chi connectivity index (χ4v) is 2.30. The molecule has 0 saturated heterocycles. The van der Waals surface area contributed by atoms with Crippen LogP contribution < -0.4 is 15.9 Å². The quantitative estimate of drug-likeness (QED) is 0.689. The summed E-state index contributed by atoms with van der Waals surface area (Å²) in [6.45, 7) is -0.0362. The second kappa shape index (κ2) is 9.14. The first kappa shape index (κ1) is 18.8. The SMILES string of the molecule is NCc1cc(=O)c(O)c(COc2ccc(C#CC#Cc3ccccc3)cc2)o1. The molecule has 0 atom stereocenters. The summed E-state index contributed by atoms with van der Waals surface area (Å²) in [5.41, 5.74) is 6.62. The molecule has 0 unspecified atom stereocenters. The fraction of sp³-hybridized carbons (Fsp3) is 0.0870. The second-order valence-electron chi connectivity index (χ2n) is 5.73. The van der Waals surface area contributed by atoms with Gasteiger partial charge in [0.2, 0.25) is 11.2 Å². The first-order valence-corrected chi connectivity index (χ1v) is 8.50. The predicted molar refractivity (Wildman–Crippen MR) is 106 cm³/mol. The Bertz CT molecular complexity index is 1120. The van der Waals surface area contributed by atoms with E-state index in [0.29, 0.717) is 5.75 Å². The van der Waals surface area contributed by atoms with E-state index in [1.807, 2.05) is 30.3 Å². The van der Waals surface area contributed by atoms with E-state index in [0.717, 1.165) is 17.2 Å². The Balaban J connectivity index is 1.63. The smallest absolute Gasteiger partial charge is 0.227 e. The van der Waals surface area contributed by atoms with Gasteiger partial charge < -0.3 is 20.0 Å². The molecule has 0 amide bonds. The number of hydrogen-bond donors (Lipinski definition) is 2. The molecule has 0 radical (unpaired) electrons. The van der Waals surface area contributed by atoms with Crippen LogP contribution in [0.4, 0.5) is 0 Å². The summed E-state index contributed by atoms with van der Waals surface area (Å²) in [5, 5.41) is 9.78. The summed E-state index contributed by atoms with van der Waals surface area (Å²) in [6.07, 6.45) is 0. The Labute approximate surface area is 162 Å². The third-order valence-corrected chi connectivity index (χ3v) is 3.72. The van der Waals surface area contributed by atoms with Gasteiger partial charge in [0.25, 0.3) is 0 Å². The van der Waals surface area contributed by atoms with E-state index in [4.69, 9.17) is 14.9 Å². The van der Waals surface area contributed by atoms with Gasteiger partial charge in [-0.2, -0.15) is 0 Å². The molecule has 3 aromatic rings. The van der Waals surface area contributed by atoms with Crippen LogP contribution in [0.15, 0.2) is 69.9 Å². The Morgan fingerprint density at radius 3 is 2.25 bits per heavy atom. The van der Waals surface area contributed by atoms with Crippen LogP contribution in [0.3, 0.4) is 0 Å². The van der Waals surface area contributed by atoms with Crippen molar-refractivity contribution in [3.05, 3.63) is 93.5 Å². The maximum absolute atomic E-state index is 11.6. The van der Waals surface area contributed by atoms with Crippen molar-refractivity contribution in [3.63, 3.8) is 0 Å². The summed E-state index contributed by atoms with van der Waals surface area (Å²) in [4.78, 5) is 11.6. The van der Waals surface area contributed by atoms with Crippen molar-refractivity contribution in [2.24, 2.45) is 5.73 Å². The molecule has 0 fully saturated rings. The molecular formula is C23H17NO4. The molecule has 0 bridgehead atoms. The van der Waals surface area contributed by atoms with Gasteiger partial charge in [0.15, 0.2) is 5.76 Å². The third-order valence-electron chi connectivity index (χ3n) is 3.72. The van der Waals surface area contributed by atoms with Crippen LogP contribution in [0.2, 0.25) is 0 Å².